The molecule has 7 heteroatoms. The summed E-state index contributed by atoms with van der Waals surface area (Å²) in [6.45, 7) is 0.252. The molecule has 1 aliphatic rings. The number of nitrogens with zero attached hydrogens (tertiary/aromatic N) is 3. The average molecular weight is 302 g/mol. The Kier molecular flexibility index (Phi) is 3.20. The van der Waals surface area contributed by atoms with Crippen LogP contribution in [0.4, 0.5) is 13.2 Å². The van der Waals surface area contributed by atoms with E-state index in [1.807, 2.05) is 0 Å². The van der Waals surface area contributed by atoms with Crippen molar-refractivity contribution in [3.05, 3.63) is 46.5 Å². The van der Waals surface area contributed by atoms with Crippen molar-refractivity contribution in [2.75, 3.05) is 0 Å². The topological polar surface area (TPSA) is 30.7 Å². The number of benzene rings is 1. The van der Waals surface area contributed by atoms with Crippen LogP contribution in [0.3, 0.4) is 0 Å². The molecule has 106 valence electrons. The van der Waals surface area contributed by atoms with Gasteiger partial charge in [-0.05, 0) is 42.1 Å². The van der Waals surface area contributed by atoms with Crippen molar-refractivity contribution in [3.8, 4) is 0 Å². The Balaban J connectivity index is 1.90. The van der Waals surface area contributed by atoms with E-state index in [1.54, 1.807) is 10.6 Å². The SMILES string of the molecule is FC(F)(F)c1cccc(Cn2c(Cl)nnc2C2CC2)c1. The second-order valence-corrected chi connectivity index (χ2v) is 5.22. The molecule has 1 fully saturated rings. The summed E-state index contributed by atoms with van der Waals surface area (Å²) in [5.74, 6) is 1.09. The molecule has 1 heterocycles. The van der Waals surface area contributed by atoms with Crippen molar-refractivity contribution in [2.24, 2.45) is 0 Å². The number of hydrogen-bond acceptors (Lipinski definition) is 2. The number of halogens is 4. The van der Waals surface area contributed by atoms with E-state index >= 15 is 0 Å². The first-order chi connectivity index (χ1) is 9.45. The van der Waals surface area contributed by atoms with Gasteiger partial charge in [-0.3, -0.25) is 4.57 Å². The Labute approximate surface area is 118 Å². The Morgan fingerprint density at radius 2 is 2.00 bits per heavy atom. The van der Waals surface area contributed by atoms with Crippen LogP contribution >= 0.6 is 11.6 Å². The molecule has 2 aromatic rings. The maximum absolute atomic E-state index is 12.7. The lowest BCUT2D eigenvalue weighted by atomic mass is 10.1. The zero-order chi connectivity index (χ0) is 14.3. The molecule has 1 aliphatic carbocycles. The van der Waals surface area contributed by atoms with Gasteiger partial charge in [0.1, 0.15) is 5.82 Å². The standard InChI is InChI=1S/C13H11ClF3N3/c14-12-19-18-11(9-4-5-9)20(12)7-8-2-1-3-10(6-8)13(15,16)17/h1-3,6,9H,4-5,7H2. The first-order valence-corrected chi connectivity index (χ1v) is 6.57. The zero-order valence-corrected chi connectivity index (χ0v) is 11.1. The van der Waals surface area contributed by atoms with Gasteiger partial charge in [0.15, 0.2) is 0 Å². The van der Waals surface area contributed by atoms with Crippen LogP contribution in [0, 0.1) is 0 Å². The van der Waals surface area contributed by atoms with E-state index in [9.17, 15) is 13.2 Å². The van der Waals surface area contributed by atoms with Gasteiger partial charge in [0.25, 0.3) is 0 Å². The van der Waals surface area contributed by atoms with Crippen LogP contribution < -0.4 is 0 Å². The number of alkyl halides is 3. The van der Waals surface area contributed by atoms with Crippen LogP contribution in [0.5, 0.6) is 0 Å². The van der Waals surface area contributed by atoms with Crippen molar-refractivity contribution in [1.82, 2.24) is 14.8 Å². The molecule has 3 nitrogen and oxygen atoms in total. The van der Waals surface area contributed by atoms with Crippen LogP contribution in [0.1, 0.15) is 35.7 Å². The van der Waals surface area contributed by atoms with Crippen LogP contribution in [0.15, 0.2) is 24.3 Å². The number of hydrogen-bond donors (Lipinski definition) is 0. The Morgan fingerprint density at radius 3 is 2.65 bits per heavy atom. The van der Waals surface area contributed by atoms with Gasteiger partial charge < -0.3 is 0 Å². The van der Waals surface area contributed by atoms with Gasteiger partial charge >= 0.3 is 6.18 Å². The van der Waals surface area contributed by atoms with E-state index in [0.29, 0.717) is 11.5 Å². The summed E-state index contributed by atoms with van der Waals surface area (Å²) >= 11 is 5.96. The van der Waals surface area contributed by atoms with Crippen LogP contribution in [0.2, 0.25) is 5.28 Å². The monoisotopic (exact) mass is 301 g/mol. The highest BCUT2D eigenvalue weighted by atomic mass is 35.5. The first-order valence-electron chi connectivity index (χ1n) is 6.20. The van der Waals surface area contributed by atoms with E-state index < -0.39 is 11.7 Å². The third-order valence-corrected chi connectivity index (χ3v) is 3.55. The van der Waals surface area contributed by atoms with Crippen molar-refractivity contribution in [3.63, 3.8) is 0 Å². The fraction of sp³-hybridized carbons (Fsp3) is 0.385. The van der Waals surface area contributed by atoms with Crippen molar-refractivity contribution in [1.29, 1.82) is 0 Å². The molecule has 0 N–H and O–H groups in total. The summed E-state index contributed by atoms with van der Waals surface area (Å²) in [5.41, 5.74) is -0.129. The fourth-order valence-corrected chi connectivity index (χ4v) is 2.30. The van der Waals surface area contributed by atoms with Gasteiger partial charge in [-0.1, -0.05) is 12.1 Å². The smallest absolute Gasteiger partial charge is 0.297 e. The van der Waals surface area contributed by atoms with Gasteiger partial charge in [-0.2, -0.15) is 13.2 Å². The minimum absolute atomic E-state index is 0.212. The lowest BCUT2D eigenvalue weighted by molar-refractivity contribution is -0.137. The maximum atomic E-state index is 12.7. The van der Waals surface area contributed by atoms with Gasteiger partial charge in [0.05, 0.1) is 12.1 Å². The van der Waals surface area contributed by atoms with E-state index in [-0.39, 0.29) is 11.8 Å². The molecule has 0 radical (unpaired) electrons. The lowest BCUT2D eigenvalue weighted by Crippen LogP contribution is -2.08. The Morgan fingerprint density at radius 1 is 1.25 bits per heavy atom. The summed E-state index contributed by atoms with van der Waals surface area (Å²) in [5, 5.41) is 8.02. The molecule has 1 saturated carbocycles. The molecule has 0 bridgehead atoms. The third kappa shape index (κ3) is 2.65. The summed E-state index contributed by atoms with van der Waals surface area (Å²) in [4.78, 5) is 0. The predicted octanol–water partition coefficient (Wildman–Crippen LogP) is 3.88. The molecule has 0 saturated heterocycles. The molecule has 0 amide bonds. The van der Waals surface area contributed by atoms with Crippen LogP contribution in [-0.4, -0.2) is 14.8 Å². The summed E-state index contributed by atoms with van der Waals surface area (Å²) in [6.07, 6.45) is -2.29. The molecular formula is C13H11ClF3N3. The lowest BCUT2D eigenvalue weighted by Gasteiger charge is -2.10. The second kappa shape index (κ2) is 4.77. The normalized spacial score (nSPS) is 15.6. The van der Waals surface area contributed by atoms with E-state index in [0.717, 1.165) is 30.8 Å². The average Bonchev–Trinajstić information content (AvgIpc) is 3.16. The van der Waals surface area contributed by atoms with Gasteiger partial charge in [0, 0.05) is 5.92 Å². The molecular weight excluding hydrogens is 291 g/mol. The Bertz CT molecular complexity index is 632. The summed E-state index contributed by atoms with van der Waals surface area (Å²) in [7, 11) is 0. The molecule has 0 unspecified atom stereocenters. The molecule has 20 heavy (non-hydrogen) atoms. The van der Waals surface area contributed by atoms with Crippen molar-refractivity contribution in [2.45, 2.75) is 31.5 Å². The molecule has 0 spiro atoms. The van der Waals surface area contributed by atoms with Crippen LogP contribution in [-0.2, 0) is 12.7 Å². The van der Waals surface area contributed by atoms with E-state index in [2.05, 4.69) is 10.2 Å². The highest BCUT2D eigenvalue weighted by Gasteiger charge is 2.32. The maximum Gasteiger partial charge on any atom is 0.416 e. The minimum atomic E-state index is -4.34. The number of aromatic nitrogens is 3. The highest BCUT2D eigenvalue weighted by Crippen LogP contribution is 2.40. The highest BCUT2D eigenvalue weighted by molar-refractivity contribution is 6.28. The molecule has 0 atom stereocenters. The van der Waals surface area contributed by atoms with Gasteiger partial charge in [0.2, 0.25) is 5.28 Å². The molecule has 1 aromatic carbocycles. The summed E-state index contributed by atoms with van der Waals surface area (Å²) in [6, 6.07) is 5.22. The van der Waals surface area contributed by atoms with Crippen molar-refractivity contribution >= 4 is 11.6 Å². The molecule has 1 aromatic heterocycles. The second-order valence-electron chi connectivity index (χ2n) is 4.89. The molecule has 3 rings (SSSR count). The van der Waals surface area contributed by atoms with E-state index in [1.165, 1.54) is 6.07 Å². The molecule has 0 aliphatic heterocycles. The largest absolute Gasteiger partial charge is 0.416 e. The van der Waals surface area contributed by atoms with Crippen molar-refractivity contribution < 1.29 is 13.2 Å². The van der Waals surface area contributed by atoms with E-state index in [4.69, 9.17) is 11.6 Å². The first kappa shape index (κ1) is 13.4. The minimum Gasteiger partial charge on any atom is -0.297 e. The van der Waals surface area contributed by atoms with Gasteiger partial charge in [-0.15, -0.1) is 10.2 Å². The van der Waals surface area contributed by atoms with Gasteiger partial charge in [-0.25, -0.2) is 0 Å². The fourth-order valence-electron chi connectivity index (χ4n) is 2.11. The quantitative estimate of drug-likeness (QED) is 0.861. The van der Waals surface area contributed by atoms with Crippen LogP contribution in [0.25, 0.3) is 0 Å². The predicted molar refractivity (Wildman–Crippen MR) is 67.6 cm³/mol. The summed E-state index contributed by atoms with van der Waals surface area (Å²) < 4.78 is 39.7. The Hall–Kier alpha value is -1.56. The third-order valence-electron chi connectivity index (χ3n) is 3.27. The number of rotatable bonds is 3. The zero-order valence-electron chi connectivity index (χ0n) is 10.4.